The lowest BCUT2D eigenvalue weighted by Crippen LogP contribution is -2.27. The van der Waals surface area contributed by atoms with Gasteiger partial charge in [-0.25, -0.2) is 19.9 Å². The van der Waals surface area contributed by atoms with Crippen molar-refractivity contribution in [3.63, 3.8) is 0 Å². The molecule has 2 aromatic heterocycles. The zero-order valence-electron chi connectivity index (χ0n) is 22.9. The molecule has 0 amide bonds. The van der Waals surface area contributed by atoms with Crippen molar-refractivity contribution in [2.45, 2.75) is 24.9 Å². The van der Waals surface area contributed by atoms with Crippen molar-refractivity contribution in [2.24, 2.45) is 0 Å². The minimum Gasteiger partial charge on any atom is -0.480 e. The molecule has 1 unspecified atom stereocenters. The molecule has 5 rings (SSSR count). The van der Waals surface area contributed by atoms with E-state index < -0.39 is 30.1 Å². The topological polar surface area (TPSA) is 88.5 Å². The number of fused-ring (bicyclic) bond motifs is 2. The Kier molecular flexibility index (Phi) is 9.98. The number of nitrogens with zero attached hydrogens (tertiary/aromatic N) is 4. The summed E-state index contributed by atoms with van der Waals surface area (Å²) in [5.74, 6) is 0.710. The maximum absolute atomic E-state index is 13.6. The molecule has 8 nitrogen and oxygen atoms in total. The molecule has 0 aliphatic carbocycles. The molecule has 1 atom stereocenters. The average molecular weight is 637 g/mol. The fourth-order valence-corrected chi connectivity index (χ4v) is 4.18. The molecule has 0 bridgehead atoms. The van der Waals surface area contributed by atoms with Crippen LogP contribution in [0.3, 0.4) is 0 Å². The lowest BCUT2D eigenvalue weighted by molar-refractivity contribution is -0.203. The van der Waals surface area contributed by atoms with Gasteiger partial charge >= 0.3 is 17.6 Å². The first-order valence-electron chi connectivity index (χ1n) is 12.5. The summed E-state index contributed by atoms with van der Waals surface area (Å²) in [6.07, 6.45) is -9.66. The van der Waals surface area contributed by atoms with Crippen LogP contribution in [0.25, 0.3) is 21.8 Å². The van der Waals surface area contributed by atoms with E-state index in [1.54, 1.807) is 30.3 Å². The third-order valence-electron chi connectivity index (χ3n) is 5.84. The van der Waals surface area contributed by atoms with Gasteiger partial charge in [0.2, 0.25) is 17.9 Å². The van der Waals surface area contributed by atoms with Crippen molar-refractivity contribution in [3.8, 4) is 17.5 Å². The predicted octanol–water partition coefficient (Wildman–Crippen LogP) is 7.37. The summed E-state index contributed by atoms with van der Waals surface area (Å²) in [6.45, 7) is 0. The SMILES string of the molecule is COc1ncnc2ccc(C(OC(=S)Oc3ccccc3)C(F)(F)F)cc12.COc1ncnc2ccc(CC(F)(F)F)cc12. The zero-order valence-corrected chi connectivity index (χ0v) is 23.7. The Balaban J connectivity index is 0.000000223. The van der Waals surface area contributed by atoms with E-state index in [-0.39, 0.29) is 28.6 Å². The normalized spacial score (nSPS) is 12.2. The number of hydrogen-bond acceptors (Lipinski definition) is 9. The Morgan fingerprint density at radius 2 is 1.32 bits per heavy atom. The lowest BCUT2D eigenvalue weighted by Gasteiger charge is -2.22. The molecule has 0 radical (unpaired) electrons. The van der Waals surface area contributed by atoms with E-state index in [2.05, 4.69) is 19.9 Å². The number of methoxy groups -OCH3 is 2. The van der Waals surface area contributed by atoms with E-state index in [0.29, 0.717) is 21.8 Å². The van der Waals surface area contributed by atoms with Gasteiger partial charge in [0.1, 0.15) is 18.4 Å². The molecule has 0 spiro atoms. The fraction of sp³-hybridized carbons (Fsp3) is 0.207. The summed E-state index contributed by atoms with van der Waals surface area (Å²) >= 11 is 4.83. The molecule has 0 saturated carbocycles. The summed E-state index contributed by atoms with van der Waals surface area (Å²) in [5, 5.41) is 0.168. The summed E-state index contributed by atoms with van der Waals surface area (Å²) in [4.78, 5) is 15.7. The van der Waals surface area contributed by atoms with Crippen LogP contribution in [-0.4, -0.2) is 51.7 Å². The molecule has 5 aromatic rings. The number of thiocarbonyl (C=S) groups is 1. The number of para-hydroxylation sites is 1. The molecule has 44 heavy (non-hydrogen) atoms. The Hall–Kier alpha value is -4.79. The van der Waals surface area contributed by atoms with Gasteiger partial charge in [-0.2, -0.15) is 26.3 Å². The Morgan fingerprint density at radius 1 is 0.750 bits per heavy atom. The maximum atomic E-state index is 13.6. The zero-order chi connectivity index (χ0) is 31.9. The fourth-order valence-electron chi connectivity index (χ4n) is 3.99. The minimum absolute atomic E-state index is 0.158. The van der Waals surface area contributed by atoms with Crippen molar-refractivity contribution in [1.82, 2.24) is 19.9 Å². The van der Waals surface area contributed by atoms with Crippen molar-refractivity contribution in [2.75, 3.05) is 14.2 Å². The van der Waals surface area contributed by atoms with E-state index in [4.69, 9.17) is 31.2 Å². The molecule has 0 saturated heterocycles. The largest absolute Gasteiger partial charge is 0.480 e. The molecule has 0 fully saturated rings. The monoisotopic (exact) mass is 636 g/mol. The van der Waals surface area contributed by atoms with Gasteiger partial charge in [0, 0.05) is 17.8 Å². The number of ether oxygens (including phenoxy) is 4. The van der Waals surface area contributed by atoms with E-state index in [0.717, 1.165) is 0 Å². The van der Waals surface area contributed by atoms with Gasteiger partial charge in [-0.3, -0.25) is 0 Å². The second-order valence-electron chi connectivity index (χ2n) is 8.89. The van der Waals surface area contributed by atoms with Crippen molar-refractivity contribution in [1.29, 1.82) is 0 Å². The van der Waals surface area contributed by atoms with Gasteiger partial charge < -0.3 is 18.9 Å². The molecule has 2 heterocycles. The third-order valence-corrected chi connectivity index (χ3v) is 6.02. The average Bonchev–Trinajstić information content (AvgIpc) is 2.98. The summed E-state index contributed by atoms with van der Waals surface area (Å²) in [5.41, 5.74) is 0.984. The Bertz CT molecular complexity index is 1740. The van der Waals surface area contributed by atoms with Crippen LogP contribution in [-0.2, 0) is 11.2 Å². The summed E-state index contributed by atoms with van der Waals surface area (Å²) < 4.78 is 97.7. The van der Waals surface area contributed by atoms with E-state index in [1.165, 1.54) is 63.3 Å². The van der Waals surface area contributed by atoms with Gasteiger partial charge in [0.05, 0.1) is 42.4 Å². The van der Waals surface area contributed by atoms with Crippen LogP contribution in [0, 0.1) is 0 Å². The van der Waals surface area contributed by atoms with Crippen LogP contribution < -0.4 is 14.2 Å². The van der Waals surface area contributed by atoms with Crippen LogP contribution in [0.2, 0.25) is 0 Å². The summed E-state index contributed by atoms with van der Waals surface area (Å²) in [7, 11) is 2.78. The smallest absolute Gasteiger partial charge is 0.429 e. The Morgan fingerprint density at radius 3 is 1.86 bits per heavy atom. The molecule has 0 N–H and O–H groups in total. The van der Waals surface area contributed by atoms with Gasteiger partial charge in [-0.1, -0.05) is 30.3 Å². The van der Waals surface area contributed by atoms with Crippen LogP contribution >= 0.6 is 12.2 Å². The van der Waals surface area contributed by atoms with Gasteiger partial charge in [-0.05, 0) is 42.0 Å². The van der Waals surface area contributed by atoms with Crippen molar-refractivity contribution >= 4 is 39.3 Å². The van der Waals surface area contributed by atoms with Gasteiger partial charge in [0.15, 0.2) is 0 Å². The molecule has 15 heteroatoms. The second kappa shape index (κ2) is 13.7. The van der Waals surface area contributed by atoms with E-state index >= 15 is 0 Å². The number of halogens is 6. The van der Waals surface area contributed by atoms with Crippen molar-refractivity contribution < 1.29 is 45.3 Å². The molecular formula is C29H22F6N4O4S. The van der Waals surface area contributed by atoms with Crippen molar-refractivity contribution in [3.05, 3.63) is 90.5 Å². The molecule has 0 aliphatic heterocycles. The highest BCUT2D eigenvalue weighted by molar-refractivity contribution is 7.79. The number of hydrogen-bond donors (Lipinski definition) is 0. The molecule has 230 valence electrons. The van der Waals surface area contributed by atoms with E-state index in [9.17, 15) is 26.3 Å². The standard InChI is InChI=1S/C18H13F3N2O3S.C11H9F3N2O/c1-24-16-13-9-11(7-8-14(13)22-10-23-16)15(18(19,20)21)26-17(27)25-12-5-3-2-4-6-12;1-17-10-8-4-7(5-11(12,13)14)2-3-9(8)15-6-16-10/h2-10,15H,1H3;2-4,6H,5H2,1H3. The van der Waals surface area contributed by atoms with Gasteiger partial charge in [0.25, 0.3) is 0 Å². The number of aromatic nitrogens is 4. The first-order chi connectivity index (χ1) is 20.9. The van der Waals surface area contributed by atoms with Crippen LogP contribution in [0.5, 0.6) is 17.5 Å². The second-order valence-corrected chi connectivity index (χ2v) is 9.22. The third kappa shape index (κ3) is 8.40. The molecule has 0 aliphatic rings. The van der Waals surface area contributed by atoms with Gasteiger partial charge in [-0.15, -0.1) is 0 Å². The first-order valence-corrected chi connectivity index (χ1v) is 12.9. The van der Waals surface area contributed by atoms with E-state index in [1.807, 2.05) is 0 Å². The number of rotatable bonds is 6. The quantitative estimate of drug-likeness (QED) is 0.140. The Labute approximate surface area is 251 Å². The highest BCUT2D eigenvalue weighted by Crippen LogP contribution is 2.38. The minimum atomic E-state index is -4.72. The number of alkyl halides is 6. The predicted molar refractivity (Wildman–Crippen MR) is 151 cm³/mol. The summed E-state index contributed by atoms with van der Waals surface area (Å²) in [6, 6.07) is 16.5. The maximum Gasteiger partial charge on any atom is 0.429 e. The van der Waals surface area contributed by atoms with Crippen LogP contribution in [0.4, 0.5) is 26.3 Å². The number of benzene rings is 3. The molecule has 3 aromatic carbocycles. The highest BCUT2D eigenvalue weighted by atomic mass is 32.1. The highest BCUT2D eigenvalue weighted by Gasteiger charge is 2.44. The lowest BCUT2D eigenvalue weighted by atomic mass is 10.1. The van der Waals surface area contributed by atoms with Crippen LogP contribution in [0.15, 0.2) is 79.4 Å². The van der Waals surface area contributed by atoms with Crippen LogP contribution in [0.1, 0.15) is 17.2 Å². The molecular weight excluding hydrogens is 614 g/mol. The first kappa shape index (κ1) is 32.1.